The number of ether oxygens (including phenoxy) is 1. The Labute approximate surface area is 124 Å². The standard InChI is InChI=1S/C15H21NO3S/c1-3-9-19-10-5-7-16-15(18)14-11-12(2)13(20-14)6-4-8-17/h11,17H,3,5,7-10H2,1-2H3,(H,16,18). The summed E-state index contributed by atoms with van der Waals surface area (Å²) in [6, 6.07) is 1.83. The quantitative estimate of drug-likeness (QED) is 0.597. The molecule has 1 rings (SSSR count). The second-order valence-corrected chi connectivity index (χ2v) is 5.36. The Bertz CT molecular complexity index is 485. The van der Waals surface area contributed by atoms with E-state index in [2.05, 4.69) is 24.1 Å². The summed E-state index contributed by atoms with van der Waals surface area (Å²) < 4.78 is 5.35. The van der Waals surface area contributed by atoms with Crippen LogP contribution in [0, 0.1) is 18.8 Å². The molecule has 0 aromatic carbocycles. The van der Waals surface area contributed by atoms with Crippen LogP contribution >= 0.6 is 11.3 Å². The first-order valence-electron chi connectivity index (χ1n) is 6.75. The van der Waals surface area contributed by atoms with Crippen molar-refractivity contribution in [2.45, 2.75) is 26.7 Å². The number of aliphatic hydroxyl groups excluding tert-OH is 1. The van der Waals surface area contributed by atoms with Gasteiger partial charge in [0.2, 0.25) is 0 Å². The zero-order valence-corrected chi connectivity index (χ0v) is 12.8. The topological polar surface area (TPSA) is 58.6 Å². The van der Waals surface area contributed by atoms with Crippen LogP contribution in [0.4, 0.5) is 0 Å². The molecular formula is C15H21NO3S. The highest BCUT2D eigenvalue weighted by Crippen LogP contribution is 2.20. The Morgan fingerprint density at radius 1 is 1.50 bits per heavy atom. The maximum absolute atomic E-state index is 11.9. The highest BCUT2D eigenvalue weighted by molar-refractivity contribution is 7.14. The summed E-state index contributed by atoms with van der Waals surface area (Å²) in [6.45, 7) is 5.86. The van der Waals surface area contributed by atoms with Gasteiger partial charge in [-0.1, -0.05) is 18.8 Å². The van der Waals surface area contributed by atoms with Gasteiger partial charge in [-0.05, 0) is 31.4 Å². The van der Waals surface area contributed by atoms with E-state index in [-0.39, 0.29) is 12.5 Å². The van der Waals surface area contributed by atoms with Crippen molar-refractivity contribution in [3.05, 3.63) is 21.4 Å². The van der Waals surface area contributed by atoms with Gasteiger partial charge in [0.25, 0.3) is 5.91 Å². The number of carbonyl (C=O) groups is 1. The maximum atomic E-state index is 11.9. The Hall–Kier alpha value is -1.35. The second kappa shape index (κ2) is 9.54. The molecule has 0 fully saturated rings. The summed E-state index contributed by atoms with van der Waals surface area (Å²) >= 11 is 1.35. The van der Waals surface area contributed by atoms with Crippen LogP contribution in [0.1, 0.15) is 39.9 Å². The van der Waals surface area contributed by atoms with E-state index in [4.69, 9.17) is 9.84 Å². The van der Waals surface area contributed by atoms with E-state index in [9.17, 15) is 4.79 Å². The first-order valence-corrected chi connectivity index (χ1v) is 7.56. The van der Waals surface area contributed by atoms with Gasteiger partial charge >= 0.3 is 0 Å². The minimum Gasteiger partial charge on any atom is -0.384 e. The van der Waals surface area contributed by atoms with Gasteiger partial charge in [-0.2, -0.15) is 0 Å². The van der Waals surface area contributed by atoms with Gasteiger partial charge in [0.1, 0.15) is 6.61 Å². The Morgan fingerprint density at radius 2 is 2.30 bits per heavy atom. The van der Waals surface area contributed by atoms with Crippen molar-refractivity contribution >= 4 is 17.2 Å². The van der Waals surface area contributed by atoms with Crippen molar-refractivity contribution < 1.29 is 14.6 Å². The van der Waals surface area contributed by atoms with Crippen LogP contribution < -0.4 is 5.32 Å². The smallest absolute Gasteiger partial charge is 0.261 e. The first-order chi connectivity index (χ1) is 9.69. The summed E-state index contributed by atoms with van der Waals surface area (Å²) in [6.07, 6.45) is 1.83. The summed E-state index contributed by atoms with van der Waals surface area (Å²) in [5, 5.41) is 11.5. The molecule has 5 heteroatoms. The zero-order valence-electron chi connectivity index (χ0n) is 12.0. The van der Waals surface area contributed by atoms with Crippen LogP contribution in [0.15, 0.2) is 6.07 Å². The molecule has 20 heavy (non-hydrogen) atoms. The molecule has 0 spiro atoms. The fourth-order valence-electron chi connectivity index (χ4n) is 1.55. The normalized spacial score (nSPS) is 9.95. The van der Waals surface area contributed by atoms with E-state index in [0.717, 1.165) is 29.9 Å². The second-order valence-electron chi connectivity index (χ2n) is 4.30. The predicted molar refractivity (Wildman–Crippen MR) is 81.1 cm³/mol. The highest BCUT2D eigenvalue weighted by Gasteiger charge is 2.10. The van der Waals surface area contributed by atoms with Crippen molar-refractivity contribution in [1.82, 2.24) is 5.32 Å². The van der Waals surface area contributed by atoms with E-state index >= 15 is 0 Å². The number of aryl methyl sites for hydroxylation is 1. The van der Waals surface area contributed by atoms with Crippen LogP contribution in [-0.4, -0.2) is 37.4 Å². The molecule has 110 valence electrons. The fraction of sp³-hybridized carbons (Fsp3) is 0.533. The predicted octanol–water partition coefficient (Wildman–Crippen LogP) is 1.95. The molecule has 2 N–H and O–H groups in total. The van der Waals surface area contributed by atoms with Crippen molar-refractivity contribution in [1.29, 1.82) is 0 Å². The molecule has 0 saturated carbocycles. The Kier molecular flexibility index (Phi) is 7.97. The molecular weight excluding hydrogens is 274 g/mol. The van der Waals surface area contributed by atoms with Crippen molar-refractivity contribution in [2.24, 2.45) is 0 Å². The largest absolute Gasteiger partial charge is 0.384 e. The zero-order chi connectivity index (χ0) is 14.8. The molecule has 1 heterocycles. The number of amides is 1. The molecule has 1 aromatic heterocycles. The van der Waals surface area contributed by atoms with Crippen molar-refractivity contribution in [2.75, 3.05) is 26.4 Å². The molecule has 0 radical (unpaired) electrons. The molecule has 0 aliphatic rings. The average molecular weight is 295 g/mol. The number of carbonyl (C=O) groups excluding carboxylic acids is 1. The van der Waals surface area contributed by atoms with Crippen LogP contribution in [-0.2, 0) is 4.74 Å². The molecule has 0 atom stereocenters. The van der Waals surface area contributed by atoms with Crippen molar-refractivity contribution in [3.63, 3.8) is 0 Å². The van der Waals surface area contributed by atoms with Gasteiger partial charge in [0.05, 0.1) is 9.75 Å². The van der Waals surface area contributed by atoms with Gasteiger partial charge in [0.15, 0.2) is 0 Å². The van der Waals surface area contributed by atoms with E-state index in [0.29, 0.717) is 18.0 Å². The van der Waals surface area contributed by atoms with Gasteiger partial charge in [-0.15, -0.1) is 11.3 Å². The summed E-state index contributed by atoms with van der Waals surface area (Å²) in [4.78, 5) is 13.4. The molecule has 0 saturated heterocycles. The van der Waals surface area contributed by atoms with Gasteiger partial charge < -0.3 is 15.2 Å². The molecule has 4 nitrogen and oxygen atoms in total. The molecule has 0 unspecified atom stereocenters. The monoisotopic (exact) mass is 295 g/mol. The number of aliphatic hydroxyl groups is 1. The number of rotatable bonds is 7. The molecule has 0 bridgehead atoms. The Balaban J connectivity index is 2.40. The first kappa shape index (κ1) is 16.7. The van der Waals surface area contributed by atoms with E-state index < -0.39 is 0 Å². The van der Waals surface area contributed by atoms with Crippen LogP contribution in [0.2, 0.25) is 0 Å². The number of hydrogen-bond acceptors (Lipinski definition) is 4. The number of hydrogen-bond donors (Lipinski definition) is 2. The average Bonchev–Trinajstić information content (AvgIpc) is 2.81. The van der Waals surface area contributed by atoms with Crippen LogP contribution in [0.5, 0.6) is 0 Å². The van der Waals surface area contributed by atoms with Gasteiger partial charge in [-0.3, -0.25) is 4.79 Å². The third kappa shape index (κ3) is 5.74. The van der Waals surface area contributed by atoms with Gasteiger partial charge in [-0.25, -0.2) is 0 Å². The summed E-state index contributed by atoms with van der Waals surface area (Å²) in [5.74, 6) is 5.37. The van der Waals surface area contributed by atoms with E-state index in [1.165, 1.54) is 11.3 Å². The summed E-state index contributed by atoms with van der Waals surface area (Å²) in [5.41, 5.74) is 0.965. The van der Waals surface area contributed by atoms with Gasteiger partial charge in [0, 0.05) is 19.8 Å². The third-order valence-electron chi connectivity index (χ3n) is 2.52. The lowest BCUT2D eigenvalue weighted by atomic mass is 10.2. The van der Waals surface area contributed by atoms with Crippen LogP contribution in [0.3, 0.4) is 0 Å². The SMILES string of the molecule is CCCOCCCNC(=O)c1cc(C)c(C#CCO)s1. The fourth-order valence-corrected chi connectivity index (χ4v) is 2.51. The van der Waals surface area contributed by atoms with Crippen molar-refractivity contribution in [3.8, 4) is 11.8 Å². The minimum atomic E-state index is -0.170. The number of thiophene rings is 1. The van der Waals surface area contributed by atoms with E-state index in [1.807, 2.05) is 13.0 Å². The molecule has 1 amide bonds. The summed E-state index contributed by atoms with van der Waals surface area (Å²) in [7, 11) is 0. The molecule has 1 aromatic rings. The molecule has 0 aliphatic heterocycles. The lowest BCUT2D eigenvalue weighted by Crippen LogP contribution is -2.24. The maximum Gasteiger partial charge on any atom is 0.261 e. The Morgan fingerprint density at radius 3 is 3.00 bits per heavy atom. The van der Waals surface area contributed by atoms with E-state index in [1.54, 1.807) is 0 Å². The minimum absolute atomic E-state index is 0.0781. The lowest BCUT2D eigenvalue weighted by Gasteiger charge is -2.04. The number of nitrogens with one attached hydrogen (secondary N) is 1. The lowest BCUT2D eigenvalue weighted by molar-refractivity contribution is 0.0945. The van der Waals surface area contributed by atoms with Crippen LogP contribution in [0.25, 0.3) is 0 Å². The highest BCUT2D eigenvalue weighted by atomic mass is 32.1. The molecule has 0 aliphatic carbocycles. The third-order valence-corrected chi connectivity index (χ3v) is 3.67.